The van der Waals surface area contributed by atoms with Gasteiger partial charge in [-0.3, -0.25) is 0 Å². The number of rotatable bonds is 8. The number of hydrogen-bond acceptors (Lipinski definition) is 5. The Hall–Kier alpha value is -2.32. The first kappa shape index (κ1) is 29.2. The number of para-hydroxylation sites is 1. The third kappa shape index (κ3) is 9.82. The molecule has 0 amide bonds. The van der Waals surface area contributed by atoms with E-state index in [2.05, 4.69) is 22.2 Å². The van der Waals surface area contributed by atoms with E-state index in [4.69, 9.17) is 0 Å². The van der Waals surface area contributed by atoms with Crippen molar-refractivity contribution in [1.29, 1.82) is 0 Å². The Morgan fingerprint density at radius 3 is 2.22 bits per heavy atom. The molecule has 1 heterocycles. The third-order valence-corrected chi connectivity index (χ3v) is 7.58. The van der Waals surface area contributed by atoms with Crippen LogP contribution in [0.3, 0.4) is 0 Å². The molecule has 37 heavy (non-hydrogen) atoms. The van der Waals surface area contributed by atoms with E-state index < -0.39 is 5.51 Å². The summed E-state index contributed by atoms with van der Waals surface area (Å²) in [5.74, 6) is 3.52. The highest BCUT2D eigenvalue weighted by molar-refractivity contribution is 8.00. The SMILES string of the molecule is CCC1CCC(CNCCc2ccc(SC(F)(F)F)cc2)CC1.Cc1nc(N(C)C)c2ccccc2n1. The maximum Gasteiger partial charge on any atom is 0.446 e. The van der Waals surface area contributed by atoms with Gasteiger partial charge in [0.1, 0.15) is 11.6 Å². The first-order chi connectivity index (χ1) is 17.6. The van der Waals surface area contributed by atoms with Crippen LogP contribution in [0.15, 0.2) is 53.4 Å². The molecule has 1 fully saturated rings. The second kappa shape index (κ2) is 14.0. The Morgan fingerprint density at radius 1 is 0.946 bits per heavy atom. The minimum absolute atomic E-state index is 0.0571. The zero-order valence-electron chi connectivity index (χ0n) is 22.3. The minimum atomic E-state index is -4.21. The van der Waals surface area contributed by atoms with Crippen molar-refractivity contribution in [2.45, 2.75) is 62.8 Å². The predicted octanol–water partition coefficient (Wildman–Crippen LogP) is 7.65. The van der Waals surface area contributed by atoms with Crippen molar-refractivity contribution in [1.82, 2.24) is 15.3 Å². The molecule has 1 N–H and O–H groups in total. The first-order valence-corrected chi connectivity index (χ1v) is 13.9. The molecule has 0 bridgehead atoms. The van der Waals surface area contributed by atoms with Crippen LogP contribution in [-0.4, -0.2) is 42.7 Å². The van der Waals surface area contributed by atoms with Gasteiger partial charge in [0.15, 0.2) is 0 Å². The highest BCUT2D eigenvalue weighted by atomic mass is 32.2. The fourth-order valence-corrected chi connectivity index (χ4v) is 5.29. The smallest absolute Gasteiger partial charge is 0.362 e. The number of benzene rings is 2. The van der Waals surface area contributed by atoms with Gasteiger partial charge in [-0.05, 0) is 92.7 Å². The number of nitrogens with one attached hydrogen (secondary N) is 1. The molecular formula is C29H39F3N4S. The van der Waals surface area contributed by atoms with Crippen LogP contribution < -0.4 is 10.2 Å². The molecular weight excluding hydrogens is 493 g/mol. The van der Waals surface area contributed by atoms with Crippen molar-refractivity contribution >= 4 is 28.5 Å². The number of anilines is 1. The second-order valence-electron chi connectivity index (χ2n) is 9.95. The van der Waals surface area contributed by atoms with Gasteiger partial charge < -0.3 is 10.2 Å². The number of halogens is 3. The van der Waals surface area contributed by atoms with E-state index in [1.165, 1.54) is 32.1 Å². The Labute approximate surface area is 223 Å². The van der Waals surface area contributed by atoms with E-state index in [0.717, 1.165) is 59.5 Å². The van der Waals surface area contributed by atoms with Crippen LogP contribution in [-0.2, 0) is 6.42 Å². The minimum Gasteiger partial charge on any atom is -0.362 e. The molecule has 0 aliphatic heterocycles. The summed E-state index contributed by atoms with van der Waals surface area (Å²) in [5.41, 5.74) is -2.12. The molecule has 0 atom stereocenters. The summed E-state index contributed by atoms with van der Waals surface area (Å²) >= 11 is -0.0571. The van der Waals surface area contributed by atoms with Crippen molar-refractivity contribution in [3.63, 3.8) is 0 Å². The number of alkyl halides is 3. The standard InChI is InChI=1S/C18H26F3NS.C11H13N3/c1-2-14-3-5-16(6-4-14)13-22-12-11-15-7-9-17(10-8-15)23-18(19,20)21;1-8-12-10-7-5-4-6-9(10)11(13-8)14(2)3/h7-10,14,16,22H,2-6,11-13H2,1H3;4-7H,1-3H3. The number of nitrogens with zero attached hydrogens (tertiary/aromatic N) is 3. The molecule has 8 heteroatoms. The molecule has 4 rings (SSSR count). The lowest BCUT2D eigenvalue weighted by Crippen LogP contribution is -2.27. The Balaban J connectivity index is 0.000000231. The zero-order chi connectivity index (χ0) is 26.8. The van der Waals surface area contributed by atoms with Crippen LogP contribution in [0.2, 0.25) is 0 Å². The second-order valence-corrected chi connectivity index (χ2v) is 11.1. The molecule has 1 aromatic heterocycles. The summed E-state index contributed by atoms with van der Waals surface area (Å²) in [6, 6.07) is 14.8. The summed E-state index contributed by atoms with van der Waals surface area (Å²) in [5, 5.41) is 4.60. The van der Waals surface area contributed by atoms with E-state index in [1.807, 2.05) is 50.2 Å². The highest BCUT2D eigenvalue weighted by Gasteiger charge is 2.29. The number of aryl methyl sites for hydroxylation is 1. The Kier molecular flexibility index (Phi) is 11.1. The Morgan fingerprint density at radius 2 is 1.59 bits per heavy atom. The van der Waals surface area contributed by atoms with Crippen molar-refractivity contribution < 1.29 is 13.2 Å². The summed E-state index contributed by atoms with van der Waals surface area (Å²) in [4.78, 5) is 11.1. The lowest BCUT2D eigenvalue weighted by Gasteiger charge is -2.27. The van der Waals surface area contributed by atoms with E-state index in [-0.39, 0.29) is 16.7 Å². The van der Waals surface area contributed by atoms with Crippen LogP contribution in [0.4, 0.5) is 19.0 Å². The molecule has 3 aromatic rings. The predicted molar refractivity (Wildman–Crippen MR) is 149 cm³/mol. The van der Waals surface area contributed by atoms with Gasteiger partial charge in [-0.2, -0.15) is 13.2 Å². The van der Waals surface area contributed by atoms with Crippen LogP contribution in [0, 0.1) is 18.8 Å². The van der Waals surface area contributed by atoms with Crippen LogP contribution in [0.25, 0.3) is 10.9 Å². The van der Waals surface area contributed by atoms with Gasteiger partial charge in [-0.25, -0.2) is 9.97 Å². The van der Waals surface area contributed by atoms with Crippen LogP contribution in [0.1, 0.15) is 50.4 Å². The van der Waals surface area contributed by atoms with Gasteiger partial charge in [0.25, 0.3) is 0 Å². The first-order valence-electron chi connectivity index (χ1n) is 13.1. The normalized spacial score (nSPS) is 17.8. The van der Waals surface area contributed by atoms with Gasteiger partial charge in [0.2, 0.25) is 0 Å². The summed E-state index contributed by atoms with van der Waals surface area (Å²) in [6.07, 6.45) is 7.55. The maximum absolute atomic E-state index is 12.3. The van der Waals surface area contributed by atoms with Crippen molar-refractivity contribution in [3.8, 4) is 0 Å². The molecule has 2 aromatic carbocycles. The van der Waals surface area contributed by atoms with E-state index in [0.29, 0.717) is 0 Å². The fraction of sp³-hybridized carbons (Fsp3) is 0.517. The molecule has 1 aliphatic carbocycles. The molecule has 0 unspecified atom stereocenters. The van der Waals surface area contributed by atoms with Gasteiger partial charge in [0, 0.05) is 24.4 Å². The fourth-order valence-electron chi connectivity index (χ4n) is 4.75. The third-order valence-electron chi connectivity index (χ3n) is 6.84. The van der Waals surface area contributed by atoms with E-state index in [9.17, 15) is 13.2 Å². The largest absolute Gasteiger partial charge is 0.446 e. The maximum atomic E-state index is 12.3. The Bertz CT molecular complexity index is 1090. The summed E-state index contributed by atoms with van der Waals surface area (Å²) < 4.78 is 36.8. The monoisotopic (exact) mass is 532 g/mol. The van der Waals surface area contributed by atoms with Gasteiger partial charge in [-0.1, -0.05) is 50.5 Å². The van der Waals surface area contributed by atoms with Crippen molar-refractivity contribution in [2.75, 3.05) is 32.1 Å². The number of aromatic nitrogens is 2. The van der Waals surface area contributed by atoms with Crippen molar-refractivity contribution in [2.24, 2.45) is 11.8 Å². The molecule has 1 saturated carbocycles. The van der Waals surface area contributed by atoms with Crippen LogP contribution in [0.5, 0.6) is 0 Å². The zero-order valence-corrected chi connectivity index (χ0v) is 23.1. The van der Waals surface area contributed by atoms with E-state index in [1.54, 1.807) is 24.3 Å². The number of hydrogen-bond donors (Lipinski definition) is 1. The number of fused-ring (bicyclic) bond motifs is 1. The molecule has 202 valence electrons. The van der Waals surface area contributed by atoms with Crippen LogP contribution >= 0.6 is 11.8 Å². The average Bonchev–Trinajstić information content (AvgIpc) is 2.87. The summed E-state index contributed by atoms with van der Waals surface area (Å²) in [7, 11) is 3.99. The summed E-state index contributed by atoms with van der Waals surface area (Å²) in [6.45, 7) is 6.15. The van der Waals surface area contributed by atoms with Gasteiger partial charge in [-0.15, -0.1) is 0 Å². The lowest BCUT2D eigenvalue weighted by molar-refractivity contribution is -0.0328. The highest BCUT2D eigenvalue weighted by Crippen LogP contribution is 2.36. The van der Waals surface area contributed by atoms with Crippen molar-refractivity contribution in [3.05, 3.63) is 59.9 Å². The molecule has 4 nitrogen and oxygen atoms in total. The van der Waals surface area contributed by atoms with Gasteiger partial charge in [0.05, 0.1) is 5.52 Å². The quantitative estimate of drug-likeness (QED) is 0.238. The number of thioether (sulfide) groups is 1. The topological polar surface area (TPSA) is 41.1 Å². The lowest BCUT2D eigenvalue weighted by atomic mass is 9.81. The molecule has 0 saturated heterocycles. The van der Waals surface area contributed by atoms with E-state index >= 15 is 0 Å². The molecule has 0 radical (unpaired) electrons. The average molecular weight is 533 g/mol. The molecule has 1 aliphatic rings. The van der Waals surface area contributed by atoms with Gasteiger partial charge >= 0.3 is 5.51 Å². The molecule has 0 spiro atoms.